The molecule has 0 saturated carbocycles. The molecule has 1 saturated heterocycles. The number of hydrogen-bond acceptors (Lipinski definition) is 5. The minimum atomic E-state index is -0.475. The molecule has 0 radical (unpaired) electrons. The van der Waals surface area contributed by atoms with Crippen molar-refractivity contribution in [3.63, 3.8) is 0 Å². The third kappa shape index (κ3) is 4.92. The second-order valence-corrected chi connectivity index (χ2v) is 6.18. The quantitative estimate of drug-likeness (QED) is 0.854. The Morgan fingerprint density at radius 3 is 3.04 bits per heavy atom. The van der Waals surface area contributed by atoms with Gasteiger partial charge in [0.1, 0.15) is 5.82 Å². The second-order valence-electron chi connectivity index (χ2n) is 6.18. The summed E-state index contributed by atoms with van der Waals surface area (Å²) in [6, 6.07) is 9.81. The molecule has 0 bridgehead atoms. The van der Waals surface area contributed by atoms with Crippen LogP contribution in [0.15, 0.2) is 42.6 Å². The maximum Gasteiger partial charge on any atom is 0.260 e. The molecule has 138 valence electrons. The van der Waals surface area contributed by atoms with Crippen molar-refractivity contribution in [3.05, 3.63) is 54.0 Å². The van der Waals surface area contributed by atoms with Crippen LogP contribution in [0, 0.1) is 5.82 Å². The number of nitrogens with zero attached hydrogens (tertiary/aromatic N) is 2. The van der Waals surface area contributed by atoms with Gasteiger partial charge in [0.25, 0.3) is 5.91 Å². The first-order chi connectivity index (χ1) is 12.6. The third-order valence-corrected chi connectivity index (χ3v) is 4.28. The van der Waals surface area contributed by atoms with Crippen LogP contribution in [0.4, 0.5) is 10.2 Å². The van der Waals surface area contributed by atoms with Crippen LogP contribution in [-0.2, 0) is 16.0 Å². The number of aromatic nitrogens is 1. The fourth-order valence-corrected chi connectivity index (χ4v) is 2.89. The lowest BCUT2D eigenvalue weighted by molar-refractivity contribution is -0.141. The van der Waals surface area contributed by atoms with Crippen LogP contribution < -0.4 is 10.5 Å². The summed E-state index contributed by atoms with van der Waals surface area (Å²) in [6.07, 6.45) is 3.21. The number of nitrogens with two attached hydrogens (primary N) is 1. The highest BCUT2D eigenvalue weighted by Crippen LogP contribution is 2.17. The van der Waals surface area contributed by atoms with E-state index in [0.29, 0.717) is 25.5 Å². The van der Waals surface area contributed by atoms with Crippen LogP contribution in [-0.4, -0.2) is 48.2 Å². The zero-order valence-electron chi connectivity index (χ0n) is 14.4. The molecule has 2 aromatic rings. The standard InChI is InChI=1S/C19H22FN3O3/c20-16-3-1-2-4-17(16)26-13-19(24)23-9-10-25-15(12-23)6-5-14-7-8-22-18(21)11-14/h1-4,7-8,11,15H,5-6,9-10,12-13H2,(H2,21,22)/t15-/m1/s1. The number of ether oxygens (including phenoxy) is 2. The smallest absolute Gasteiger partial charge is 0.260 e. The first-order valence-electron chi connectivity index (χ1n) is 8.59. The first kappa shape index (κ1) is 18.1. The summed E-state index contributed by atoms with van der Waals surface area (Å²) in [7, 11) is 0. The van der Waals surface area contributed by atoms with E-state index >= 15 is 0 Å². The average molecular weight is 359 g/mol. The molecule has 1 aliphatic heterocycles. The van der Waals surface area contributed by atoms with Crippen LogP contribution >= 0.6 is 0 Å². The van der Waals surface area contributed by atoms with Gasteiger partial charge in [-0.15, -0.1) is 0 Å². The van der Waals surface area contributed by atoms with Gasteiger partial charge in [0.05, 0.1) is 12.7 Å². The van der Waals surface area contributed by atoms with Crippen molar-refractivity contribution in [1.82, 2.24) is 9.88 Å². The summed E-state index contributed by atoms with van der Waals surface area (Å²) < 4.78 is 24.6. The summed E-state index contributed by atoms with van der Waals surface area (Å²) in [5.41, 5.74) is 6.78. The third-order valence-electron chi connectivity index (χ3n) is 4.28. The van der Waals surface area contributed by atoms with Crippen molar-refractivity contribution in [3.8, 4) is 5.75 Å². The number of anilines is 1. The van der Waals surface area contributed by atoms with E-state index < -0.39 is 5.82 Å². The summed E-state index contributed by atoms with van der Waals surface area (Å²) in [4.78, 5) is 18.0. The number of carbonyl (C=O) groups excluding carboxylic acids is 1. The normalized spacial score (nSPS) is 17.1. The van der Waals surface area contributed by atoms with Crippen LogP contribution in [0.2, 0.25) is 0 Å². The molecule has 2 heterocycles. The van der Waals surface area contributed by atoms with Gasteiger partial charge < -0.3 is 20.1 Å². The van der Waals surface area contributed by atoms with Gasteiger partial charge in [0.15, 0.2) is 18.2 Å². The monoisotopic (exact) mass is 359 g/mol. The molecule has 1 aromatic carbocycles. The number of morpholine rings is 1. The topological polar surface area (TPSA) is 77.7 Å². The van der Waals surface area contributed by atoms with Gasteiger partial charge in [-0.2, -0.15) is 0 Å². The van der Waals surface area contributed by atoms with Crippen molar-refractivity contribution in [2.45, 2.75) is 18.9 Å². The first-order valence-corrected chi connectivity index (χ1v) is 8.59. The van der Waals surface area contributed by atoms with Gasteiger partial charge in [0, 0.05) is 19.3 Å². The van der Waals surface area contributed by atoms with Crippen LogP contribution in [0.5, 0.6) is 5.75 Å². The van der Waals surface area contributed by atoms with E-state index in [4.69, 9.17) is 15.2 Å². The molecule has 1 amide bonds. The van der Waals surface area contributed by atoms with E-state index in [9.17, 15) is 9.18 Å². The fraction of sp³-hybridized carbons (Fsp3) is 0.368. The highest BCUT2D eigenvalue weighted by atomic mass is 19.1. The molecule has 7 heteroatoms. The number of amides is 1. The molecule has 2 N–H and O–H groups in total. The van der Waals surface area contributed by atoms with Gasteiger partial charge in [-0.3, -0.25) is 4.79 Å². The Balaban J connectivity index is 1.48. The number of carbonyl (C=O) groups is 1. The van der Waals surface area contributed by atoms with E-state index in [0.717, 1.165) is 18.4 Å². The van der Waals surface area contributed by atoms with Gasteiger partial charge in [-0.1, -0.05) is 12.1 Å². The summed E-state index contributed by atoms with van der Waals surface area (Å²) in [6.45, 7) is 1.31. The number of para-hydroxylation sites is 1. The van der Waals surface area contributed by atoms with E-state index in [2.05, 4.69) is 4.98 Å². The predicted molar refractivity (Wildman–Crippen MR) is 95.2 cm³/mol. The Morgan fingerprint density at radius 1 is 1.38 bits per heavy atom. The van der Waals surface area contributed by atoms with Crippen molar-refractivity contribution < 1.29 is 18.7 Å². The number of pyridine rings is 1. The number of aryl methyl sites for hydroxylation is 1. The minimum Gasteiger partial charge on any atom is -0.481 e. The molecular weight excluding hydrogens is 337 g/mol. The maximum atomic E-state index is 13.6. The fourth-order valence-electron chi connectivity index (χ4n) is 2.89. The molecule has 1 atom stereocenters. The molecule has 6 nitrogen and oxygen atoms in total. The Bertz CT molecular complexity index is 756. The lowest BCUT2D eigenvalue weighted by atomic mass is 10.1. The lowest BCUT2D eigenvalue weighted by Crippen LogP contribution is -2.47. The molecule has 0 spiro atoms. The Morgan fingerprint density at radius 2 is 2.23 bits per heavy atom. The Kier molecular flexibility index (Phi) is 6.01. The number of rotatable bonds is 6. The van der Waals surface area contributed by atoms with Gasteiger partial charge in [0.2, 0.25) is 0 Å². The lowest BCUT2D eigenvalue weighted by Gasteiger charge is -2.33. The predicted octanol–water partition coefficient (Wildman–Crippen LogP) is 2.04. The zero-order chi connectivity index (χ0) is 18.4. The molecule has 26 heavy (non-hydrogen) atoms. The molecule has 0 aliphatic carbocycles. The minimum absolute atomic E-state index is 0.0458. The van der Waals surface area contributed by atoms with Gasteiger partial charge in [-0.25, -0.2) is 9.37 Å². The van der Waals surface area contributed by atoms with Gasteiger partial charge in [-0.05, 0) is 42.7 Å². The largest absolute Gasteiger partial charge is 0.481 e. The zero-order valence-corrected chi connectivity index (χ0v) is 14.4. The highest BCUT2D eigenvalue weighted by Gasteiger charge is 2.24. The Labute approximate surface area is 151 Å². The summed E-state index contributed by atoms with van der Waals surface area (Å²) >= 11 is 0. The molecule has 0 unspecified atom stereocenters. The molecule has 1 aromatic heterocycles. The molecular formula is C19H22FN3O3. The maximum absolute atomic E-state index is 13.6. The summed E-state index contributed by atoms with van der Waals surface area (Å²) in [5, 5.41) is 0. The van der Waals surface area contributed by atoms with E-state index in [1.54, 1.807) is 23.2 Å². The molecule has 1 aliphatic rings. The van der Waals surface area contributed by atoms with Crippen molar-refractivity contribution >= 4 is 11.7 Å². The summed E-state index contributed by atoms with van der Waals surface area (Å²) in [5.74, 6) is -0.0680. The van der Waals surface area contributed by atoms with Crippen molar-refractivity contribution in [2.75, 3.05) is 32.0 Å². The molecule has 1 fully saturated rings. The molecule has 3 rings (SSSR count). The van der Waals surface area contributed by atoms with Crippen molar-refractivity contribution in [2.24, 2.45) is 0 Å². The van der Waals surface area contributed by atoms with E-state index in [1.165, 1.54) is 12.1 Å². The Hall–Kier alpha value is -2.67. The number of nitrogen functional groups attached to an aromatic ring is 1. The van der Waals surface area contributed by atoms with Crippen LogP contribution in [0.3, 0.4) is 0 Å². The van der Waals surface area contributed by atoms with E-state index in [1.807, 2.05) is 12.1 Å². The SMILES string of the molecule is Nc1cc(CC[C@@H]2CN(C(=O)COc3ccccc3F)CCO2)ccn1. The highest BCUT2D eigenvalue weighted by molar-refractivity contribution is 5.77. The second kappa shape index (κ2) is 8.62. The van der Waals surface area contributed by atoms with Crippen molar-refractivity contribution in [1.29, 1.82) is 0 Å². The van der Waals surface area contributed by atoms with E-state index in [-0.39, 0.29) is 24.4 Å². The number of hydrogen-bond donors (Lipinski definition) is 1. The average Bonchev–Trinajstić information content (AvgIpc) is 2.66. The van der Waals surface area contributed by atoms with Crippen LogP contribution in [0.1, 0.15) is 12.0 Å². The number of benzene rings is 1. The van der Waals surface area contributed by atoms with Gasteiger partial charge >= 0.3 is 0 Å². The number of halogens is 1. The van der Waals surface area contributed by atoms with Crippen LogP contribution in [0.25, 0.3) is 0 Å².